The molecular formula is C62H68N2. The summed E-state index contributed by atoms with van der Waals surface area (Å²) in [5.41, 5.74) is 14.5. The van der Waals surface area contributed by atoms with Crippen molar-refractivity contribution in [1.29, 1.82) is 0 Å². The van der Waals surface area contributed by atoms with Crippen molar-refractivity contribution >= 4 is 58.4 Å². The maximum absolute atomic E-state index is 2.35. The Balaban J connectivity index is 1.01. The molecule has 326 valence electrons. The lowest BCUT2D eigenvalue weighted by Crippen LogP contribution is -2.09. The average molecular weight is 841 g/mol. The van der Waals surface area contributed by atoms with Crippen molar-refractivity contribution in [3.8, 4) is 0 Å². The van der Waals surface area contributed by atoms with Crippen LogP contribution in [0.4, 0.5) is 34.1 Å². The van der Waals surface area contributed by atoms with Gasteiger partial charge in [-0.1, -0.05) is 212 Å². The van der Waals surface area contributed by atoms with Crippen LogP contribution in [-0.2, 0) is 12.8 Å². The number of hydrogen-bond acceptors (Lipinski definition) is 2. The fourth-order valence-electron chi connectivity index (χ4n) is 8.55. The Morgan fingerprint density at radius 3 is 0.938 bits per heavy atom. The third kappa shape index (κ3) is 13.6. The predicted octanol–water partition coefficient (Wildman–Crippen LogP) is 18.8. The fourth-order valence-corrected chi connectivity index (χ4v) is 8.55. The van der Waals surface area contributed by atoms with E-state index in [1.54, 1.807) is 0 Å². The molecular weight excluding hydrogens is 773 g/mol. The van der Waals surface area contributed by atoms with Crippen molar-refractivity contribution in [1.82, 2.24) is 0 Å². The van der Waals surface area contributed by atoms with Crippen molar-refractivity contribution in [2.45, 2.75) is 104 Å². The summed E-state index contributed by atoms with van der Waals surface area (Å²) in [6, 6.07) is 66.2. The van der Waals surface area contributed by atoms with Gasteiger partial charge in [0, 0.05) is 34.1 Å². The quantitative estimate of drug-likeness (QED) is 0.0442. The Hall–Kier alpha value is -6.38. The Bertz CT molecular complexity index is 2250. The van der Waals surface area contributed by atoms with Gasteiger partial charge in [0.05, 0.1) is 0 Å². The molecule has 0 fully saturated rings. The topological polar surface area (TPSA) is 6.48 Å². The Morgan fingerprint density at radius 1 is 0.281 bits per heavy atom. The first-order valence-corrected chi connectivity index (χ1v) is 24.2. The van der Waals surface area contributed by atoms with Crippen molar-refractivity contribution in [3.63, 3.8) is 0 Å². The van der Waals surface area contributed by atoms with Gasteiger partial charge in [-0.2, -0.15) is 0 Å². The van der Waals surface area contributed by atoms with Crippen molar-refractivity contribution in [2.24, 2.45) is 0 Å². The van der Waals surface area contributed by atoms with Crippen LogP contribution in [0.1, 0.15) is 124 Å². The summed E-state index contributed by atoms with van der Waals surface area (Å²) in [7, 11) is 0. The zero-order chi connectivity index (χ0) is 44.0. The molecule has 0 aliphatic carbocycles. The van der Waals surface area contributed by atoms with Crippen LogP contribution in [0.5, 0.6) is 0 Å². The molecule has 0 aromatic heterocycles. The Labute approximate surface area is 385 Å². The zero-order valence-electron chi connectivity index (χ0n) is 38.4. The minimum absolute atomic E-state index is 1.14. The van der Waals surface area contributed by atoms with Crippen LogP contribution >= 0.6 is 0 Å². The van der Waals surface area contributed by atoms with Crippen LogP contribution in [0.2, 0.25) is 0 Å². The number of anilines is 6. The van der Waals surface area contributed by atoms with Gasteiger partial charge in [-0.15, -0.1) is 0 Å². The Morgan fingerprint density at radius 2 is 0.578 bits per heavy atom. The van der Waals surface area contributed by atoms with E-state index in [0.717, 1.165) is 46.7 Å². The standard InChI is InChI=1S/C62H68N2/c1-3-5-7-9-11-15-23-51-33-43-59(44-34-51)63(57-27-17-13-18-28-57)61-47-37-53(38-48-61)31-41-55-25-21-22-26-56(55)42-32-54-39-49-62(50-40-54)64(58-29-19-14-20-30-58)60-45-35-52(36-46-60)24-16-12-10-8-6-4-2/h13-14,17-22,25-50H,3-12,15-16,23-24H2,1-2H3/b41-31+,42-32+. The first-order chi connectivity index (χ1) is 31.7. The Kier molecular flexibility index (Phi) is 17.9. The average Bonchev–Trinajstić information content (AvgIpc) is 3.35. The van der Waals surface area contributed by atoms with E-state index in [1.807, 2.05) is 0 Å². The summed E-state index contributed by atoms with van der Waals surface area (Å²) in [4.78, 5) is 4.70. The summed E-state index contributed by atoms with van der Waals surface area (Å²) in [6.45, 7) is 4.56. The predicted molar refractivity (Wildman–Crippen MR) is 281 cm³/mol. The van der Waals surface area contributed by atoms with Crippen molar-refractivity contribution in [3.05, 3.63) is 215 Å². The molecule has 2 nitrogen and oxygen atoms in total. The molecule has 0 radical (unpaired) electrons. The molecule has 0 spiro atoms. The number of aryl methyl sites for hydroxylation is 2. The van der Waals surface area contributed by atoms with Gasteiger partial charge in [0.2, 0.25) is 0 Å². The van der Waals surface area contributed by atoms with Crippen LogP contribution in [0.15, 0.2) is 182 Å². The lowest BCUT2D eigenvalue weighted by Gasteiger charge is -2.25. The van der Waals surface area contributed by atoms with Crippen molar-refractivity contribution in [2.75, 3.05) is 9.80 Å². The van der Waals surface area contributed by atoms with Gasteiger partial charge in [-0.25, -0.2) is 0 Å². The van der Waals surface area contributed by atoms with Crippen LogP contribution in [0.25, 0.3) is 24.3 Å². The highest BCUT2D eigenvalue weighted by Gasteiger charge is 2.14. The molecule has 0 aliphatic rings. The van der Waals surface area contributed by atoms with Crippen LogP contribution in [-0.4, -0.2) is 0 Å². The largest absolute Gasteiger partial charge is 0.311 e. The number of unbranched alkanes of at least 4 members (excludes halogenated alkanes) is 10. The smallest absolute Gasteiger partial charge is 0.0462 e. The molecule has 0 atom stereocenters. The second-order valence-corrected chi connectivity index (χ2v) is 17.2. The molecule has 0 unspecified atom stereocenters. The normalized spacial score (nSPS) is 11.4. The van der Waals surface area contributed by atoms with E-state index < -0.39 is 0 Å². The van der Waals surface area contributed by atoms with E-state index in [4.69, 9.17) is 0 Å². The maximum Gasteiger partial charge on any atom is 0.0462 e. The number of benzene rings is 7. The van der Waals surface area contributed by atoms with Gasteiger partial charge < -0.3 is 9.80 Å². The first-order valence-electron chi connectivity index (χ1n) is 24.2. The molecule has 2 heteroatoms. The van der Waals surface area contributed by atoms with Gasteiger partial charge in [0.15, 0.2) is 0 Å². The van der Waals surface area contributed by atoms with Gasteiger partial charge in [-0.05, 0) is 132 Å². The number of para-hydroxylation sites is 2. The minimum Gasteiger partial charge on any atom is -0.311 e. The third-order valence-corrected chi connectivity index (χ3v) is 12.3. The second-order valence-electron chi connectivity index (χ2n) is 17.2. The van der Waals surface area contributed by atoms with E-state index in [2.05, 4.69) is 230 Å². The van der Waals surface area contributed by atoms with Crippen LogP contribution < -0.4 is 9.80 Å². The molecule has 7 rings (SSSR count). The van der Waals surface area contributed by atoms with Gasteiger partial charge in [0.1, 0.15) is 0 Å². The van der Waals surface area contributed by atoms with Crippen LogP contribution in [0, 0.1) is 0 Å². The molecule has 0 saturated heterocycles. The van der Waals surface area contributed by atoms with E-state index >= 15 is 0 Å². The lowest BCUT2D eigenvalue weighted by molar-refractivity contribution is 0.607. The molecule has 7 aromatic rings. The lowest BCUT2D eigenvalue weighted by atomic mass is 10.0. The van der Waals surface area contributed by atoms with E-state index in [9.17, 15) is 0 Å². The summed E-state index contributed by atoms with van der Waals surface area (Å²) in [6.07, 6.45) is 27.1. The highest BCUT2D eigenvalue weighted by Crippen LogP contribution is 2.36. The molecule has 0 amide bonds. The fraction of sp³-hybridized carbons (Fsp3) is 0.258. The number of rotatable bonds is 24. The summed E-state index contributed by atoms with van der Waals surface area (Å²) in [5, 5.41) is 0. The SMILES string of the molecule is CCCCCCCCc1ccc(N(c2ccccc2)c2ccc(/C=C/c3ccccc3/C=C/c3ccc(N(c4ccccc4)c4ccc(CCCCCCCC)cc4)cc3)cc2)cc1. The van der Waals surface area contributed by atoms with Crippen molar-refractivity contribution < 1.29 is 0 Å². The first kappa shape index (κ1) is 45.6. The van der Waals surface area contributed by atoms with Crippen LogP contribution in [0.3, 0.4) is 0 Å². The van der Waals surface area contributed by atoms with Gasteiger partial charge >= 0.3 is 0 Å². The van der Waals surface area contributed by atoms with Gasteiger partial charge in [0.25, 0.3) is 0 Å². The third-order valence-electron chi connectivity index (χ3n) is 12.3. The summed E-state index contributed by atoms with van der Waals surface area (Å²) < 4.78 is 0. The molecule has 64 heavy (non-hydrogen) atoms. The highest BCUT2D eigenvalue weighted by molar-refractivity contribution is 5.82. The molecule has 0 N–H and O–H groups in total. The second kappa shape index (κ2) is 25.1. The molecule has 0 bridgehead atoms. The molecule has 0 aliphatic heterocycles. The van der Waals surface area contributed by atoms with E-state index in [0.29, 0.717) is 0 Å². The summed E-state index contributed by atoms with van der Waals surface area (Å²) in [5.74, 6) is 0. The number of nitrogens with zero attached hydrogens (tertiary/aromatic N) is 2. The summed E-state index contributed by atoms with van der Waals surface area (Å²) >= 11 is 0. The maximum atomic E-state index is 2.35. The minimum atomic E-state index is 1.14. The van der Waals surface area contributed by atoms with E-state index in [-0.39, 0.29) is 0 Å². The number of hydrogen-bond donors (Lipinski definition) is 0. The molecule has 0 saturated carbocycles. The van der Waals surface area contributed by atoms with E-state index in [1.165, 1.54) is 111 Å². The monoisotopic (exact) mass is 841 g/mol. The zero-order valence-corrected chi connectivity index (χ0v) is 38.4. The molecule has 0 heterocycles. The highest BCUT2D eigenvalue weighted by atomic mass is 15.1. The van der Waals surface area contributed by atoms with Gasteiger partial charge in [-0.3, -0.25) is 0 Å². The molecule has 7 aromatic carbocycles.